The minimum atomic E-state index is -3.46. The largest absolute Gasteiger partial charge is 0.447 e. The van der Waals surface area contributed by atoms with Crippen LogP contribution in [-0.4, -0.2) is 22.0 Å². The Balaban J connectivity index is 1.85. The molecule has 0 aromatic carbocycles. The van der Waals surface area contributed by atoms with Gasteiger partial charge in [0, 0.05) is 0 Å². The molecular formula is C11H18N2O3S. The highest BCUT2D eigenvalue weighted by molar-refractivity contribution is 7.89. The van der Waals surface area contributed by atoms with Crippen LogP contribution in [0.1, 0.15) is 25.0 Å². The number of hydrogen-bond acceptors (Lipinski definition) is 4. The van der Waals surface area contributed by atoms with Gasteiger partial charge in [-0.15, -0.1) is 0 Å². The lowest BCUT2D eigenvalue weighted by atomic mass is 9.85. The molecule has 0 saturated heterocycles. The Hall–Kier alpha value is -0.850. The maximum Gasteiger partial charge on any atom is 0.273 e. The molecule has 17 heavy (non-hydrogen) atoms. The summed E-state index contributed by atoms with van der Waals surface area (Å²) < 4.78 is 30.3. The van der Waals surface area contributed by atoms with E-state index in [-0.39, 0.29) is 5.09 Å². The van der Waals surface area contributed by atoms with Gasteiger partial charge in [-0.3, -0.25) is 0 Å². The average Bonchev–Trinajstić information content (AvgIpc) is 2.71. The summed E-state index contributed by atoms with van der Waals surface area (Å²) in [7, 11) is -2.09. The number of nitrogens with one attached hydrogen (secondary N) is 2. The number of furan rings is 1. The first-order valence-corrected chi connectivity index (χ1v) is 7.33. The standard InChI is InChI=1S/C11H18N2O3S/c1-12-17(14,15)11-6-5-10(16-11)8-13-7-9-3-2-4-9/h5-6,9,12-13H,2-4,7-8H2,1H3. The van der Waals surface area contributed by atoms with E-state index in [4.69, 9.17) is 4.42 Å². The zero-order valence-corrected chi connectivity index (χ0v) is 10.7. The third-order valence-electron chi connectivity index (χ3n) is 3.13. The van der Waals surface area contributed by atoms with Crippen molar-refractivity contribution in [3.8, 4) is 0 Å². The van der Waals surface area contributed by atoms with Crippen LogP contribution in [0.3, 0.4) is 0 Å². The summed E-state index contributed by atoms with van der Waals surface area (Å²) in [4.78, 5) is 0. The van der Waals surface area contributed by atoms with E-state index in [9.17, 15) is 8.42 Å². The first kappa shape index (κ1) is 12.6. The van der Waals surface area contributed by atoms with Gasteiger partial charge in [0.1, 0.15) is 5.76 Å². The fourth-order valence-corrected chi connectivity index (χ4v) is 2.46. The highest BCUT2D eigenvalue weighted by Gasteiger charge is 2.18. The smallest absolute Gasteiger partial charge is 0.273 e. The summed E-state index contributed by atoms with van der Waals surface area (Å²) in [5, 5.41) is 3.25. The highest BCUT2D eigenvalue weighted by atomic mass is 32.2. The van der Waals surface area contributed by atoms with E-state index in [1.807, 2.05) is 0 Å². The molecule has 1 aromatic heterocycles. The van der Waals surface area contributed by atoms with E-state index < -0.39 is 10.0 Å². The van der Waals surface area contributed by atoms with Crippen LogP contribution in [0.2, 0.25) is 0 Å². The number of hydrogen-bond donors (Lipinski definition) is 2. The van der Waals surface area contributed by atoms with Gasteiger partial charge in [0.25, 0.3) is 10.0 Å². The molecule has 0 spiro atoms. The quantitative estimate of drug-likeness (QED) is 0.801. The summed E-state index contributed by atoms with van der Waals surface area (Å²) in [6.45, 7) is 1.56. The van der Waals surface area contributed by atoms with Crippen molar-refractivity contribution in [2.45, 2.75) is 30.9 Å². The molecule has 0 radical (unpaired) electrons. The molecule has 2 rings (SSSR count). The van der Waals surface area contributed by atoms with Crippen LogP contribution < -0.4 is 10.0 Å². The SMILES string of the molecule is CNS(=O)(=O)c1ccc(CNCC2CCC2)o1. The maximum absolute atomic E-state index is 11.4. The molecule has 0 amide bonds. The lowest BCUT2D eigenvalue weighted by Gasteiger charge is -2.25. The van der Waals surface area contributed by atoms with E-state index in [1.54, 1.807) is 6.07 Å². The van der Waals surface area contributed by atoms with Gasteiger partial charge in [0.05, 0.1) is 6.54 Å². The Bertz CT molecular complexity index is 463. The zero-order chi connectivity index (χ0) is 12.3. The monoisotopic (exact) mass is 258 g/mol. The van der Waals surface area contributed by atoms with Gasteiger partial charge in [-0.25, -0.2) is 13.1 Å². The van der Waals surface area contributed by atoms with Crippen LogP contribution >= 0.6 is 0 Å². The van der Waals surface area contributed by atoms with E-state index in [2.05, 4.69) is 10.0 Å². The summed E-state index contributed by atoms with van der Waals surface area (Å²) in [5.74, 6) is 1.43. The van der Waals surface area contributed by atoms with Crippen LogP contribution in [0.4, 0.5) is 0 Å². The van der Waals surface area contributed by atoms with Gasteiger partial charge in [-0.05, 0) is 44.5 Å². The molecule has 0 atom stereocenters. The van der Waals surface area contributed by atoms with E-state index in [0.717, 1.165) is 12.5 Å². The molecular weight excluding hydrogens is 240 g/mol. The summed E-state index contributed by atoms with van der Waals surface area (Å²) >= 11 is 0. The van der Waals surface area contributed by atoms with Crippen molar-refractivity contribution < 1.29 is 12.8 Å². The molecule has 1 fully saturated rings. The van der Waals surface area contributed by atoms with Crippen LogP contribution in [-0.2, 0) is 16.6 Å². The predicted octanol–water partition coefficient (Wildman–Crippen LogP) is 1.08. The lowest BCUT2D eigenvalue weighted by molar-refractivity contribution is 0.295. The summed E-state index contributed by atoms with van der Waals surface area (Å²) in [6, 6.07) is 3.17. The second-order valence-electron chi connectivity index (χ2n) is 4.36. The molecule has 1 aliphatic rings. The van der Waals surface area contributed by atoms with Gasteiger partial charge in [-0.1, -0.05) is 6.42 Å². The van der Waals surface area contributed by atoms with Crippen molar-refractivity contribution in [1.29, 1.82) is 0 Å². The Kier molecular flexibility index (Phi) is 3.86. The summed E-state index contributed by atoms with van der Waals surface area (Å²) in [6.07, 6.45) is 3.92. The Morgan fingerprint density at radius 3 is 2.76 bits per heavy atom. The fraction of sp³-hybridized carbons (Fsp3) is 0.636. The Morgan fingerprint density at radius 1 is 1.41 bits per heavy atom. The second-order valence-corrected chi connectivity index (χ2v) is 6.17. The number of sulfonamides is 1. The van der Waals surface area contributed by atoms with E-state index >= 15 is 0 Å². The lowest BCUT2D eigenvalue weighted by Crippen LogP contribution is -2.26. The van der Waals surface area contributed by atoms with Crippen LogP contribution in [0.25, 0.3) is 0 Å². The minimum absolute atomic E-state index is 0.0274. The van der Waals surface area contributed by atoms with Crippen molar-refractivity contribution in [3.05, 3.63) is 17.9 Å². The van der Waals surface area contributed by atoms with Crippen LogP contribution in [0.5, 0.6) is 0 Å². The van der Waals surface area contributed by atoms with Crippen LogP contribution in [0.15, 0.2) is 21.6 Å². The third-order valence-corrected chi connectivity index (χ3v) is 4.41. The van der Waals surface area contributed by atoms with Gasteiger partial charge < -0.3 is 9.73 Å². The van der Waals surface area contributed by atoms with Crippen molar-refractivity contribution in [3.63, 3.8) is 0 Å². The molecule has 0 unspecified atom stereocenters. The highest BCUT2D eigenvalue weighted by Crippen LogP contribution is 2.25. The molecule has 2 N–H and O–H groups in total. The van der Waals surface area contributed by atoms with E-state index in [1.165, 1.54) is 32.4 Å². The maximum atomic E-state index is 11.4. The molecule has 5 nitrogen and oxygen atoms in total. The Morgan fingerprint density at radius 2 is 2.18 bits per heavy atom. The van der Waals surface area contributed by atoms with Crippen molar-refractivity contribution >= 4 is 10.0 Å². The van der Waals surface area contributed by atoms with E-state index in [0.29, 0.717) is 12.3 Å². The van der Waals surface area contributed by atoms with Crippen LogP contribution in [0, 0.1) is 5.92 Å². The first-order valence-electron chi connectivity index (χ1n) is 5.85. The topological polar surface area (TPSA) is 71.3 Å². The van der Waals surface area contributed by atoms with Crippen molar-refractivity contribution in [2.75, 3.05) is 13.6 Å². The normalized spacial score (nSPS) is 17.0. The average molecular weight is 258 g/mol. The molecule has 96 valence electrons. The molecule has 0 aliphatic heterocycles. The minimum Gasteiger partial charge on any atom is -0.447 e. The predicted molar refractivity (Wildman–Crippen MR) is 64.0 cm³/mol. The molecule has 1 aromatic rings. The van der Waals surface area contributed by atoms with Gasteiger partial charge in [-0.2, -0.15) is 0 Å². The number of rotatable bonds is 6. The van der Waals surface area contributed by atoms with Gasteiger partial charge in [0.15, 0.2) is 0 Å². The Labute approximate surface area is 102 Å². The molecule has 6 heteroatoms. The summed E-state index contributed by atoms with van der Waals surface area (Å²) in [5.41, 5.74) is 0. The third kappa shape index (κ3) is 3.08. The molecule has 0 bridgehead atoms. The van der Waals surface area contributed by atoms with Crippen molar-refractivity contribution in [2.24, 2.45) is 5.92 Å². The molecule has 1 heterocycles. The molecule has 1 aliphatic carbocycles. The first-order chi connectivity index (χ1) is 8.12. The fourth-order valence-electron chi connectivity index (χ4n) is 1.79. The van der Waals surface area contributed by atoms with Gasteiger partial charge >= 0.3 is 0 Å². The van der Waals surface area contributed by atoms with Crippen molar-refractivity contribution in [1.82, 2.24) is 10.0 Å². The van der Waals surface area contributed by atoms with Gasteiger partial charge in [0.2, 0.25) is 5.09 Å². The second kappa shape index (κ2) is 5.20. The molecule has 1 saturated carbocycles. The zero-order valence-electron chi connectivity index (χ0n) is 9.90.